The van der Waals surface area contributed by atoms with Gasteiger partial charge in [-0.3, -0.25) is 0 Å². The van der Waals surface area contributed by atoms with E-state index in [9.17, 15) is 4.39 Å². The number of nitriles is 1. The highest BCUT2D eigenvalue weighted by Gasteiger charge is 2.05. The number of ether oxygens (including phenoxy) is 1. The molecule has 0 aliphatic heterocycles. The Morgan fingerprint density at radius 2 is 2.16 bits per heavy atom. The van der Waals surface area contributed by atoms with Gasteiger partial charge in [-0.1, -0.05) is 12.1 Å². The average Bonchev–Trinajstić information content (AvgIpc) is 2.41. The van der Waals surface area contributed by atoms with Crippen LogP contribution in [0.25, 0.3) is 0 Å². The zero-order chi connectivity index (χ0) is 13.7. The van der Waals surface area contributed by atoms with Gasteiger partial charge in [-0.2, -0.15) is 5.26 Å². The third-order valence-corrected chi connectivity index (χ3v) is 2.41. The van der Waals surface area contributed by atoms with E-state index in [0.717, 1.165) is 0 Å². The summed E-state index contributed by atoms with van der Waals surface area (Å²) in [4.78, 5) is 7.94. The van der Waals surface area contributed by atoms with Gasteiger partial charge in [-0.05, 0) is 12.1 Å². The molecule has 0 unspecified atom stereocenters. The van der Waals surface area contributed by atoms with Crippen LogP contribution in [0.3, 0.4) is 0 Å². The van der Waals surface area contributed by atoms with E-state index in [1.54, 1.807) is 18.2 Å². The number of aromatic nitrogens is 2. The van der Waals surface area contributed by atoms with E-state index in [2.05, 4.69) is 9.97 Å². The monoisotopic (exact) mass is 258 g/mol. The minimum absolute atomic E-state index is 0.137. The maximum absolute atomic E-state index is 13.3. The Hall–Kier alpha value is -2.68. The van der Waals surface area contributed by atoms with Crippen molar-refractivity contribution in [3.05, 3.63) is 47.7 Å². The Bertz CT molecular complexity index is 624. The highest BCUT2D eigenvalue weighted by molar-refractivity contribution is 5.46. The van der Waals surface area contributed by atoms with Gasteiger partial charge in [-0.25, -0.2) is 14.4 Å². The van der Waals surface area contributed by atoms with Crippen LogP contribution in [-0.4, -0.2) is 16.6 Å². The van der Waals surface area contributed by atoms with E-state index in [-0.39, 0.29) is 23.7 Å². The van der Waals surface area contributed by atoms with Crippen LogP contribution >= 0.6 is 0 Å². The maximum Gasteiger partial charge on any atom is 0.165 e. The summed E-state index contributed by atoms with van der Waals surface area (Å²) in [6, 6.07) is 8.03. The number of nitrogens with zero attached hydrogens (tertiary/aromatic N) is 3. The van der Waals surface area contributed by atoms with Gasteiger partial charge >= 0.3 is 0 Å². The molecule has 2 rings (SSSR count). The molecule has 2 aromatic rings. The third kappa shape index (κ3) is 3.16. The molecule has 0 saturated carbocycles. The second-order valence-electron chi connectivity index (χ2n) is 3.73. The Kier molecular flexibility index (Phi) is 3.88. The lowest BCUT2D eigenvalue weighted by molar-refractivity contribution is 0.302. The molecule has 0 bridgehead atoms. The smallest absolute Gasteiger partial charge is 0.165 e. The summed E-state index contributed by atoms with van der Waals surface area (Å²) in [5.74, 6) is 0.359. The molecule has 0 aliphatic carbocycles. The first-order valence-electron chi connectivity index (χ1n) is 5.59. The zero-order valence-electron chi connectivity index (χ0n) is 10.0. The summed E-state index contributed by atoms with van der Waals surface area (Å²) < 4.78 is 18.5. The van der Waals surface area contributed by atoms with Gasteiger partial charge in [0.1, 0.15) is 23.3 Å². The standard InChI is InChI=1S/C13H11FN4O/c14-10-3-1-2-4-11(10)19-6-5-12-17-8-9(7-15)13(16)18-12/h1-4,8H,5-6H2,(H2,16,17,18). The number of para-hydroxylation sites is 1. The fraction of sp³-hybridized carbons (Fsp3) is 0.154. The minimum Gasteiger partial charge on any atom is -0.490 e. The number of benzene rings is 1. The van der Waals surface area contributed by atoms with E-state index < -0.39 is 5.82 Å². The predicted molar refractivity (Wildman–Crippen MR) is 66.8 cm³/mol. The topological polar surface area (TPSA) is 84.8 Å². The van der Waals surface area contributed by atoms with Gasteiger partial charge in [0.2, 0.25) is 0 Å². The Morgan fingerprint density at radius 1 is 1.37 bits per heavy atom. The van der Waals surface area contributed by atoms with Crippen molar-refractivity contribution in [2.75, 3.05) is 12.3 Å². The molecule has 0 saturated heterocycles. The number of anilines is 1. The third-order valence-electron chi connectivity index (χ3n) is 2.41. The Balaban J connectivity index is 1.95. The van der Waals surface area contributed by atoms with E-state index in [0.29, 0.717) is 12.2 Å². The molecule has 0 radical (unpaired) electrons. The van der Waals surface area contributed by atoms with Crippen molar-refractivity contribution in [1.29, 1.82) is 5.26 Å². The van der Waals surface area contributed by atoms with Gasteiger partial charge in [0.15, 0.2) is 11.6 Å². The highest BCUT2D eigenvalue weighted by Crippen LogP contribution is 2.15. The zero-order valence-corrected chi connectivity index (χ0v) is 10.0. The van der Waals surface area contributed by atoms with Gasteiger partial charge < -0.3 is 10.5 Å². The lowest BCUT2D eigenvalue weighted by atomic mass is 10.3. The number of nitrogen functional groups attached to an aromatic ring is 1. The molecule has 1 aromatic carbocycles. The van der Waals surface area contributed by atoms with Crippen molar-refractivity contribution in [2.24, 2.45) is 0 Å². The van der Waals surface area contributed by atoms with Gasteiger partial charge in [0.05, 0.1) is 12.8 Å². The molecule has 1 heterocycles. The van der Waals surface area contributed by atoms with Crippen molar-refractivity contribution >= 4 is 5.82 Å². The van der Waals surface area contributed by atoms with Crippen LogP contribution < -0.4 is 10.5 Å². The molecular weight excluding hydrogens is 247 g/mol. The number of nitrogens with two attached hydrogens (primary N) is 1. The van der Waals surface area contributed by atoms with E-state index >= 15 is 0 Å². The normalized spacial score (nSPS) is 9.89. The fourth-order valence-electron chi connectivity index (χ4n) is 1.45. The summed E-state index contributed by atoms with van der Waals surface area (Å²) in [6.45, 7) is 0.228. The molecule has 5 nitrogen and oxygen atoms in total. The molecule has 96 valence electrons. The van der Waals surface area contributed by atoms with Gasteiger partial charge in [0.25, 0.3) is 0 Å². The average molecular weight is 258 g/mol. The van der Waals surface area contributed by atoms with Gasteiger partial charge in [-0.15, -0.1) is 0 Å². The van der Waals surface area contributed by atoms with Crippen LogP contribution in [0.1, 0.15) is 11.4 Å². The fourth-order valence-corrected chi connectivity index (χ4v) is 1.45. The lowest BCUT2D eigenvalue weighted by Crippen LogP contribution is -2.08. The number of halogens is 1. The second-order valence-corrected chi connectivity index (χ2v) is 3.73. The number of hydrogen-bond donors (Lipinski definition) is 1. The minimum atomic E-state index is -0.414. The number of hydrogen-bond acceptors (Lipinski definition) is 5. The summed E-state index contributed by atoms with van der Waals surface area (Å²) in [6.07, 6.45) is 1.74. The molecule has 6 heteroatoms. The van der Waals surface area contributed by atoms with Crippen molar-refractivity contribution in [2.45, 2.75) is 6.42 Å². The van der Waals surface area contributed by atoms with Crippen LogP contribution in [0.2, 0.25) is 0 Å². The Labute approximate surface area is 109 Å². The van der Waals surface area contributed by atoms with Crippen molar-refractivity contribution in [1.82, 2.24) is 9.97 Å². The molecule has 0 amide bonds. The van der Waals surface area contributed by atoms with Gasteiger partial charge in [0, 0.05) is 6.42 Å². The van der Waals surface area contributed by atoms with E-state index in [1.807, 2.05) is 6.07 Å². The lowest BCUT2D eigenvalue weighted by Gasteiger charge is -2.06. The van der Waals surface area contributed by atoms with Crippen LogP contribution in [-0.2, 0) is 6.42 Å². The molecular formula is C13H11FN4O. The van der Waals surface area contributed by atoms with Crippen molar-refractivity contribution in [3.63, 3.8) is 0 Å². The van der Waals surface area contributed by atoms with Crippen LogP contribution in [0.5, 0.6) is 5.75 Å². The molecule has 19 heavy (non-hydrogen) atoms. The van der Waals surface area contributed by atoms with Crippen LogP contribution in [0, 0.1) is 17.1 Å². The van der Waals surface area contributed by atoms with Crippen LogP contribution in [0.4, 0.5) is 10.2 Å². The van der Waals surface area contributed by atoms with Crippen molar-refractivity contribution < 1.29 is 9.13 Å². The van der Waals surface area contributed by atoms with Crippen LogP contribution in [0.15, 0.2) is 30.5 Å². The Morgan fingerprint density at radius 3 is 2.84 bits per heavy atom. The first-order valence-corrected chi connectivity index (χ1v) is 5.59. The second kappa shape index (κ2) is 5.78. The largest absolute Gasteiger partial charge is 0.490 e. The van der Waals surface area contributed by atoms with Crippen molar-refractivity contribution in [3.8, 4) is 11.8 Å². The molecule has 0 atom stereocenters. The predicted octanol–water partition coefficient (Wildman–Crippen LogP) is 1.69. The molecule has 1 aromatic heterocycles. The van der Waals surface area contributed by atoms with E-state index in [4.69, 9.17) is 15.7 Å². The first kappa shape index (κ1) is 12.8. The molecule has 0 spiro atoms. The summed E-state index contributed by atoms with van der Waals surface area (Å²) >= 11 is 0. The first-order chi connectivity index (χ1) is 9.20. The molecule has 0 aliphatic rings. The molecule has 2 N–H and O–H groups in total. The summed E-state index contributed by atoms with van der Waals surface area (Å²) in [5.41, 5.74) is 5.80. The number of rotatable bonds is 4. The quantitative estimate of drug-likeness (QED) is 0.902. The highest BCUT2D eigenvalue weighted by atomic mass is 19.1. The summed E-state index contributed by atoms with van der Waals surface area (Å²) in [5, 5.41) is 8.69. The maximum atomic E-state index is 13.3. The summed E-state index contributed by atoms with van der Waals surface area (Å²) in [7, 11) is 0. The molecule has 0 fully saturated rings. The van der Waals surface area contributed by atoms with E-state index in [1.165, 1.54) is 12.3 Å². The SMILES string of the molecule is N#Cc1cnc(CCOc2ccccc2F)nc1N.